The normalized spacial score (nSPS) is 11.2. The Balaban J connectivity index is 1.31. The van der Waals surface area contributed by atoms with E-state index in [1.807, 2.05) is 53.2 Å². The molecule has 0 saturated heterocycles. The molecule has 0 bridgehead atoms. The van der Waals surface area contributed by atoms with Crippen molar-refractivity contribution in [1.29, 1.82) is 0 Å². The number of aromatic nitrogens is 4. The van der Waals surface area contributed by atoms with Gasteiger partial charge in [-0.3, -0.25) is 10.1 Å². The van der Waals surface area contributed by atoms with E-state index in [-0.39, 0.29) is 5.91 Å². The largest absolute Gasteiger partial charge is 0.298 e. The number of fused-ring (bicyclic) bond motifs is 2. The van der Waals surface area contributed by atoms with E-state index in [1.165, 1.54) is 11.3 Å². The number of benzene rings is 3. The molecule has 29 heavy (non-hydrogen) atoms. The second kappa shape index (κ2) is 7.27. The summed E-state index contributed by atoms with van der Waals surface area (Å²) >= 11 is 7.40. The van der Waals surface area contributed by atoms with Crippen LogP contribution in [0, 0.1) is 0 Å². The molecule has 1 amide bonds. The molecule has 3 aromatic carbocycles. The third-order valence-electron chi connectivity index (χ3n) is 4.54. The summed E-state index contributed by atoms with van der Waals surface area (Å²) in [5.41, 5.74) is 4.25. The number of hydrogen-bond acceptors (Lipinski definition) is 5. The maximum atomic E-state index is 12.6. The van der Waals surface area contributed by atoms with Crippen LogP contribution in [-0.4, -0.2) is 25.9 Å². The smallest absolute Gasteiger partial charge is 0.257 e. The zero-order valence-electron chi connectivity index (χ0n) is 15.0. The summed E-state index contributed by atoms with van der Waals surface area (Å²) in [6.07, 6.45) is 0. The van der Waals surface area contributed by atoms with E-state index in [1.54, 1.807) is 18.2 Å². The molecule has 5 aromatic rings. The SMILES string of the molecule is O=C(Nc1nc2ccc(Cl)cc2s1)c1ccc(Cn2nnc3ccccc32)cc1. The molecule has 0 aliphatic heterocycles. The monoisotopic (exact) mass is 419 g/mol. The number of nitrogens with zero attached hydrogens (tertiary/aromatic N) is 4. The van der Waals surface area contributed by atoms with Gasteiger partial charge in [0.2, 0.25) is 0 Å². The Bertz CT molecular complexity index is 1340. The lowest BCUT2D eigenvalue weighted by Gasteiger charge is -2.05. The van der Waals surface area contributed by atoms with Crippen LogP contribution < -0.4 is 5.32 Å². The molecule has 2 aromatic heterocycles. The summed E-state index contributed by atoms with van der Waals surface area (Å²) in [4.78, 5) is 17.0. The van der Waals surface area contributed by atoms with Crippen LogP contribution in [0.1, 0.15) is 15.9 Å². The number of carbonyl (C=O) groups excluding carboxylic acids is 1. The topological polar surface area (TPSA) is 72.7 Å². The minimum absolute atomic E-state index is 0.201. The third kappa shape index (κ3) is 3.57. The zero-order valence-corrected chi connectivity index (χ0v) is 16.6. The lowest BCUT2D eigenvalue weighted by molar-refractivity contribution is 0.102. The van der Waals surface area contributed by atoms with Crippen molar-refractivity contribution in [2.24, 2.45) is 0 Å². The van der Waals surface area contributed by atoms with Crippen LogP contribution >= 0.6 is 22.9 Å². The van der Waals surface area contributed by atoms with Crippen LogP contribution in [0.15, 0.2) is 66.7 Å². The number of rotatable bonds is 4. The van der Waals surface area contributed by atoms with Gasteiger partial charge in [-0.1, -0.05) is 52.4 Å². The molecule has 0 unspecified atom stereocenters. The molecule has 0 aliphatic rings. The Morgan fingerprint density at radius 2 is 1.86 bits per heavy atom. The number of halogens is 1. The fourth-order valence-electron chi connectivity index (χ4n) is 3.09. The number of hydrogen-bond donors (Lipinski definition) is 1. The maximum absolute atomic E-state index is 12.6. The molecule has 0 fully saturated rings. The lowest BCUT2D eigenvalue weighted by atomic mass is 10.1. The van der Waals surface area contributed by atoms with Gasteiger partial charge in [0, 0.05) is 10.6 Å². The Morgan fingerprint density at radius 3 is 2.72 bits per heavy atom. The van der Waals surface area contributed by atoms with Crippen molar-refractivity contribution in [3.8, 4) is 0 Å². The first-order valence-electron chi connectivity index (χ1n) is 8.90. The average molecular weight is 420 g/mol. The van der Waals surface area contributed by atoms with Crippen LogP contribution in [-0.2, 0) is 6.54 Å². The highest BCUT2D eigenvalue weighted by Gasteiger charge is 2.11. The van der Waals surface area contributed by atoms with E-state index in [9.17, 15) is 4.79 Å². The van der Waals surface area contributed by atoms with E-state index in [0.717, 1.165) is 26.8 Å². The summed E-state index contributed by atoms with van der Waals surface area (Å²) in [7, 11) is 0. The fourth-order valence-corrected chi connectivity index (χ4v) is 4.23. The molecule has 0 aliphatic carbocycles. The molecule has 1 N–H and O–H groups in total. The van der Waals surface area contributed by atoms with Gasteiger partial charge in [0.25, 0.3) is 5.91 Å². The molecule has 0 radical (unpaired) electrons. The average Bonchev–Trinajstić information content (AvgIpc) is 3.32. The predicted molar refractivity (Wildman–Crippen MR) is 116 cm³/mol. The van der Waals surface area contributed by atoms with E-state index < -0.39 is 0 Å². The van der Waals surface area contributed by atoms with E-state index >= 15 is 0 Å². The number of nitrogens with one attached hydrogen (secondary N) is 1. The number of amides is 1. The summed E-state index contributed by atoms with van der Waals surface area (Å²) in [6.45, 7) is 0.584. The zero-order chi connectivity index (χ0) is 19.8. The van der Waals surface area contributed by atoms with Crippen LogP contribution in [0.25, 0.3) is 21.3 Å². The maximum Gasteiger partial charge on any atom is 0.257 e. The molecule has 5 rings (SSSR count). The molecule has 0 saturated carbocycles. The molecular formula is C21H14ClN5OS. The van der Waals surface area contributed by atoms with Crippen LogP contribution in [0.4, 0.5) is 5.13 Å². The quantitative estimate of drug-likeness (QED) is 0.445. The molecule has 142 valence electrons. The summed E-state index contributed by atoms with van der Waals surface area (Å²) in [6, 6.07) is 20.7. The van der Waals surface area contributed by atoms with E-state index in [0.29, 0.717) is 22.3 Å². The lowest BCUT2D eigenvalue weighted by Crippen LogP contribution is -2.11. The summed E-state index contributed by atoms with van der Waals surface area (Å²) in [5, 5.41) is 12.4. The Hall–Kier alpha value is -3.29. The highest BCUT2D eigenvalue weighted by molar-refractivity contribution is 7.22. The second-order valence-electron chi connectivity index (χ2n) is 6.52. The molecule has 8 heteroatoms. The van der Waals surface area contributed by atoms with E-state index in [4.69, 9.17) is 11.6 Å². The van der Waals surface area contributed by atoms with Crippen molar-refractivity contribution in [3.05, 3.63) is 82.9 Å². The molecule has 6 nitrogen and oxygen atoms in total. The van der Waals surface area contributed by atoms with Crippen molar-refractivity contribution in [1.82, 2.24) is 20.0 Å². The first kappa shape index (κ1) is 17.8. The number of anilines is 1. The predicted octanol–water partition coefficient (Wildman–Crippen LogP) is 5.00. The Kier molecular flexibility index (Phi) is 4.46. The van der Waals surface area contributed by atoms with Gasteiger partial charge >= 0.3 is 0 Å². The van der Waals surface area contributed by atoms with Gasteiger partial charge in [-0.2, -0.15) is 0 Å². The van der Waals surface area contributed by atoms with Crippen LogP contribution in [0.2, 0.25) is 5.02 Å². The molecule has 2 heterocycles. The molecule has 0 spiro atoms. The van der Waals surface area contributed by atoms with Gasteiger partial charge in [-0.25, -0.2) is 9.67 Å². The van der Waals surface area contributed by atoms with Crippen molar-refractivity contribution >= 4 is 55.2 Å². The van der Waals surface area contributed by atoms with Crippen LogP contribution in [0.3, 0.4) is 0 Å². The van der Waals surface area contributed by atoms with Gasteiger partial charge in [0.1, 0.15) is 5.52 Å². The van der Waals surface area contributed by atoms with Gasteiger partial charge in [0.05, 0.1) is 22.3 Å². The first-order chi connectivity index (χ1) is 14.2. The molecular weight excluding hydrogens is 406 g/mol. The van der Waals surface area contributed by atoms with Crippen molar-refractivity contribution < 1.29 is 4.79 Å². The van der Waals surface area contributed by atoms with Crippen molar-refractivity contribution in [2.45, 2.75) is 6.54 Å². The number of thiazole rings is 1. The Labute approximate surface area is 174 Å². The van der Waals surface area contributed by atoms with Gasteiger partial charge < -0.3 is 0 Å². The Morgan fingerprint density at radius 1 is 1.03 bits per heavy atom. The van der Waals surface area contributed by atoms with Crippen molar-refractivity contribution in [3.63, 3.8) is 0 Å². The van der Waals surface area contributed by atoms with Gasteiger partial charge in [0.15, 0.2) is 5.13 Å². The fraction of sp³-hybridized carbons (Fsp3) is 0.0476. The second-order valence-corrected chi connectivity index (χ2v) is 7.99. The number of carbonyl (C=O) groups is 1. The summed E-state index contributed by atoms with van der Waals surface area (Å²) in [5.74, 6) is -0.201. The highest BCUT2D eigenvalue weighted by atomic mass is 35.5. The minimum Gasteiger partial charge on any atom is -0.298 e. The molecule has 0 atom stereocenters. The summed E-state index contributed by atoms with van der Waals surface area (Å²) < 4.78 is 2.78. The van der Waals surface area contributed by atoms with Gasteiger partial charge in [-0.15, -0.1) is 5.10 Å². The first-order valence-corrected chi connectivity index (χ1v) is 10.1. The minimum atomic E-state index is -0.201. The third-order valence-corrected chi connectivity index (χ3v) is 5.71. The van der Waals surface area contributed by atoms with Crippen molar-refractivity contribution in [2.75, 3.05) is 5.32 Å². The van der Waals surface area contributed by atoms with E-state index in [2.05, 4.69) is 20.6 Å². The standard InChI is InChI=1S/C21H14ClN5OS/c22-15-9-10-17-19(11-15)29-21(23-17)24-20(28)14-7-5-13(6-8-14)12-27-18-4-2-1-3-16(18)25-26-27/h1-11H,12H2,(H,23,24,28). The van der Waals surface area contributed by atoms with Crippen LogP contribution in [0.5, 0.6) is 0 Å². The van der Waals surface area contributed by atoms with Gasteiger partial charge in [-0.05, 0) is 48.0 Å². The highest BCUT2D eigenvalue weighted by Crippen LogP contribution is 2.28. The number of para-hydroxylation sites is 1.